The first-order chi connectivity index (χ1) is 16.7. The molecule has 0 aliphatic carbocycles. The Morgan fingerprint density at radius 3 is 2.29 bits per heavy atom. The standard InChI is InChI=1S/C25H18Cl3N3O4/c1-13-6-7-20(35-2)19(8-13)31-24(33)21(28)22(25(31)34)29-17-5-3-4-14(9-17)23(32)30-18-11-15(26)10-16(27)12-18/h3-12,29H,1-2H3,(H,30,32). The molecular formula is C25H18Cl3N3O4. The normalized spacial score (nSPS) is 13.3. The van der Waals surface area contributed by atoms with Crippen LogP contribution in [0.2, 0.25) is 10.0 Å². The summed E-state index contributed by atoms with van der Waals surface area (Å²) in [6.07, 6.45) is 0. The molecule has 0 fully saturated rings. The summed E-state index contributed by atoms with van der Waals surface area (Å²) in [6.45, 7) is 1.83. The third-order valence-corrected chi connectivity index (χ3v) is 5.90. The van der Waals surface area contributed by atoms with Gasteiger partial charge in [-0.1, -0.05) is 46.9 Å². The second-order valence-corrected chi connectivity index (χ2v) is 8.88. The number of halogens is 3. The van der Waals surface area contributed by atoms with Crippen molar-refractivity contribution in [2.75, 3.05) is 22.6 Å². The van der Waals surface area contributed by atoms with Crippen LogP contribution in [-0.2, 0) is 9.59 Å². The minimum Gasteiger partial charge on any atom is -0.495 e. The van der Waals surface area contributed by atoms with Crippen molar-refractivity contribution in [3.63, 3.8) is 0 Å². The van der Waals surface area contributed by atoms with Gasteiger partial charge in [0.25, 0.3) is 17.7 Å². The van der Waals surface area contributed by atoms with Crippen LogP contribution in [-0.4, -0.2) is 24.8 Å². The summed E-state index contributed by atoms with van der Waals surface area (Å²) in [7, 11) is 1.45. The topological polar surface area (TPSA) is 87.7 Å². The van der Waals surface area contributed by atoms with E-state index >= 15 is 0 Å². The third-order valence-electron chi connectivity index (χ3n) is 5.12. The first kappa shape index (κ1) is 24.6. The van der Waals surface area contributed by atoms with E-state index in [1.54, 1.807) is 54.6 Å². The molecule has 0 radical (unpaired) electrons. The Labute approximate surface area is 216 Å². The van der Waals surface area contributed by atoms with E-state index in [0.717, 1.165) is 10.5 Å². The maximum atomic E-state index is 13.2. The minimum absolute atomic E-state index is 0.112. The van der Waals surface area contributed by atoms with Gasteiger partial charge in [-0.05, 0) is 61.0 Å². The summed E-state index contributed by atoms with van der Waals surface area (Å²) in [5.74, 6) is -1.41. The number of nitrogens with zero attached hydrogens (tertiary/aromatic N) is 1. The molecule has 4 rings (SSSR count). The van der Waals surface area contributed by atoms with Gasteiger partial charge >= 0.3 is 0 Å². The first-order valence-corrected chi connectivity index (χ1v) is 11.4. The van der Waals surface area contributed by atoms with E-state index in [4.69, 9.17) is 39.5 Å². The Kier molecular flexibility index (Phi) is 7.03. The summed E-state index contributed by atoms with van der Waals surface area (Å²) >= 11 is 18.2. The van der Waals surface area contributed by atoms with E-state index in [0.29, 0.717) is 27.2 Å². The minimum atomic E-state index is -0.685. The average Bonchev–Trinajstić information content (AvgIpc) is 3.01. The fourth-order valence-electron chi connectivity index (χ4n) is 3.52. The maximum absolute atomic E-state index is 13.2. The lowest BCUT2D eigenvalue weighted by Gasteiger charge is -2.18. The van der Waals surface area contributed by atoms with Gasteiger partial charge in [0.05, 0.1) is 12.8 Å². The van der Waals surface area contributed by atoms with E-state index in [1.807, 2.05) is 6.92 Å². The van der Waals surface area contributed by atoms with Crippen LogP contribution in [0, 0.1) is 6.92 Å². The van der Waals surface area contributed by atoms with Gasteiger partial charge < -0.3 is 15.4 Å². The highest BCUT2D eigenvalue weighted by atomic mass is 35.5. The largest absolute Gasteiger partial charge is 0.495 e. The van der Waals surface area contributed by atoms with Crippen molar-refractivity contribution >= 4 is 69.6 Å². The summed E-state index contributed by atoms with van der Waals surface area (Å²) in [5.41, 5.74) is 2.10. The van der Waals surface area contributed by atoms with E-state index in [-0.39, 0.29) is 22.0 Å². The molecule has 1 aliphatic heterocycles. The van der Waals surface area contributed by atoms with Crippen LogP contribution in [0.3, 0.4) is 0 Å². The molecule has 0 spiro atoms. The van der Waals surface area contributed by atoms with Crippen molar-refractivity contribution in [2.45, 2.75) is 6.92 Å². The molecule has 7 nitrogen and oxygen atoms in total. The van der Waals surface area contributed by atoms with Crippen molar-refractivity contribution < 1.29 is 19.1 Å². The Hall–Kier alpha value is -3.52. The number of hydrogen-bond donors (Lipinski definition) is 2. The Bertz CT molecular complexity index is 1380. The van der Waals surface area contributed by atoms with Gasteiger partial charge in [-0.3, -0.25) is 14.4 Å². The molecule has 35 heavy (non-hydrogen) atoms. The molecule has 178 valence electrons. The van der Waals surface area contributed by atoms with Crippen molar-refractivity contribution in [3.05, 3.63) is 92.6 Å². The zero-order valence-electron chi connectivity index (χ0n) is 18.5. The highest BCUT2D eigenvalue weighted by Crippen LogP contribution is 2.36. The molecular weight excluding hydrogens is 513 g/mol. The van der Waals surface area contributed by atoms with E-state index in [1.165, 1.54) is 13.2 Å². The summed E-state index contributed by atoms with van der Waals surface area (Å²) in [6, 6.07) is 16.2. The molecule has 2 N–H and O–H groups in total. The number of imide groups is 1. The van der Waals surface area contributed by atoms with Crippen LogP contribution < -0.4 is 20.3 Å². The number of carbonyl (C=O) groups excluding carboxylic acids is 3. The van der Waals surface area contributed by atoms with Gasteiger partial charge in [-0.2, -0.15) is 0 Å². The Morgan fingerprint density at radius 1 is 0.886 bits per heavy atom. The molecule has 0 saturated heterocycles. The third kappa shape index (κ3) is 5.12. The molecule has 1 heterocycles. The highest BCUT2D eigenvalue weighted by molar-refractivity contribution is 6.53. The zero-order valence-corrected chi connectivity index (χ0v) is 20.8. The van der Waals surface area contributed by atoms with Crippen LogP contribution in [0.25, 0.3) is 0 Å². The number of benzene rings is 3. The molecule has 0 aromatic heterocycles. The maximum Gasteiger partial charge on any atom is 0.283 e. The van der Waals surface area contributed by atoms with Crippen LogP contribution in [0.15, 0.2) is 71.4 Å². The number of hydrogen-bond acceptors (Lipinski definition) is 5. The molecule has 0 unspecified atom stereocenters. The summed E-state index contributed by atoms with van der Waals surface area (Å²) in [5, 5.41) is 6.07. The van der Waals surface area contributed by atoms with Crippen LogP contribution in [0.4, 0.5) is 17.1 Å². The molecule has 1 aliphatic rings. The van der Waals surface area contributed by atoms with Crippen LogP contribution in [0.5, 0.6) is 5.75 Å². The number of methoxy groups -OCH3 is 1. The monoisotopic (exact) mass is 529 g/mol. The fraction of sp³-hybridized carbons (Fsp3) is 0.0800. The van der Waals surface area contributed by atoms with Crippen molar-refractivity contribution in [1.82, 2.24) is 0 Å². The lowest BCUT2D eigenvalue weighted by atomic mass is 10.1. The van der Waals surface area contributed by atoms with Gasteiger partial charge in [-0.25, -0.2) is 4.90 Å². The molecule has 0 saturated carbocycles. The SMILES string of the molecule is COc1ccc(C)cc1N1C(=O)C(Cl)=C(Nc2cccc(C(=O)Nc3cc(Cl)cc(Cl)c3)c2)C1=O. The smallest absolute Gasteiger partial charge is 0.283 e. The Morgan fingerprint density at radius 2 is 1.60 bits per heavy atom. The lowest BCUT2D eigenvalue weighted by molar-refractivity contribution is -0.120. The number of nitrogens with one attached hydrogen (secondary N) is 2. The Balaban J connectivity index is 1.57. The van der Waals surface area contributed by atoms with E-state index in [2.05, 4.69) is 10.6 Å². The second kappa shape index (κ2) is 10.00. The molecule has 3 amide bonds. The van der Waals surface area contributed by atoms with Crippen molar-refractivity contribution in [1.29, 1.82) is 0 Å². The molecule has 0 atom stereocenters. The highest BCUT2D eigenvalue weighted by Gasteiger charge is 2.40. The second-order valence-electron chi connectivity index (χ2n) is 7.63. The average molecular weight is 531 g/mol. The number of anilines is 3. The van der Waals surface area contributed by atoms with Gasteiger partial charge in [0, 0.05) is 27.0 Å². The molecule has 10 heteroatoms. The van der Waals surface area contributed by atoms with Crippen LogP contribution in [0.1, 0.15) is 15.9 Å². The molecule has 0 bridgehead atoms. The number of aryl methyl sites for hydroxylation is 1. The predicted molar refractivity (Wildman–Crippen MR) is 138 cm³/mol. The molecule has 3 aromatic carbocycles. The van der Waals surface area contributed by atoms with E-state index in [9.17, 15) is 14.4 Å². The predicted octanol–water partition coefficient (Wildman–Crippen LogP) is 6.00. The fourth-order valence-corrected chi connectivity index (χ4v) is 4.26. The lowest BCUT2D eigenvalue weighted by Crippen LogP contribution is -2.32. The zero-order chi connectivity index (χ0) is 25.3. The van der Waals surface area contributed by atoms with Crippen molar-refractivity contribution in [2.24, 2.45) is 0 Å². The van der Waals surface area contributed by atoms with Gasteiger partial charge in [0.15, 0.2) is 0 Å². The van der Waals surface area contributed by atoms with Gasteiger partial charge in [0.1, 0.15) is 16.5 Å². The van der Waals surface area contributed by atoms with Gasteiger partial charge in [0.2, 0.25) is 0 Å². The molecule has 3 aromatic rings. The van der Waals surface area contributed by atoms with Gasteiger partial charge in [-0.15, -0.1) is 0 Å². The number of ether oxygens (including phenoxy) is 1. The van der Waals surface area contributed by atoms with E-state index < -0.39 is 17.7 Å². The summed E-state index contributed by atoms with van der Waals surface area (Å²) in [4.78, 5) is 39.7. The first-order valence-electron chi connectivity index (χ1n) is 10.3. The summed E-state index contributed by atoms with van der Waals surface area (Å²) < 4.78 is 5.31. The number of rotatable bonds is 6. The number of carbonyl (C=O) groups is 3. The number of amides is 3. The van der Waals surface area contributed by atoms with Crippen LogP contribution >= 0.6 is 34.8 Å². The van der Waals surface area contributed by atoms with Crippen molar-refractivity contribution in [3.8, 4) is 5.75 Å². The quantitative estimate of drug-likeness (QED) is 0.382.